The molecule has 28 heavy (non-hydrogen) atoms. The number of likely N-dealkylation sites (tertiary alicyclic amines) is 1. The molecule has 2 aromatic rings. The molecule has 0 aliphatic carbocycles. The maximum Gasteiger partial charge on any atom is 0.191 e. The Balaban J connectivity index is 1.42. The number of piperidine rings is 1. The summed E-state index contributed by atoms with van der Waals surface area (Å²) in [5, 5.41) is 14.4. The standard InChI is InChI=1S/C19H32N8S/c1-4-18-25-16(13-28-18)12-27-8-6-15(7-9-27)10-21-19(20-5-2)22-11-17-23-14-24-26(17)3/h13-15H,4-12H2,1-3H3,(H2,20,21,22). The van der Waals surface area contributed by atoms with Gasteiger partial charge in [0.1, 0.15) is 18.7 Å². The van der Waals surface area contributed by atoms with Gasteiger partial charge in [-0.05, 0) is 45.2 Å². The number of nitrogens with one attached hydrogen (secondary N) is 2. The Morgan fingerprint density at radius 3 is 2.75 bits per heavy atom. The van der Waals surface area contributed by atoms with Crippen LogP contribution in [0.4, 0.5) is 0 Å². The SMILES string of the molecule is CCNC(=NCc1ncnn1C)NCC1CCN(Cc2csc(CC)n2)CC1. The van der Waals surface area contributed by atoms with E-state index >= 15 is 0 Å². The van der Waals surface area contributed by atoms with Crippen molar-refractivity contribution in [3.8, 4) is 0 Å². The fourth-order valence-electron chi connectivity index (χ4n) is 3.36. The summed E-state index contributed by atoms with van der Waals surface area (Å²) in [7, 11) is 1.89. The lowest BCUT2D eigenvalue weighted by molar-refractivity contribution is 0.176. The Morgan fingerprint density at radius 1 is 1.29 bits per heavy atom. The highest BCUT2D eigenvalue weighted by Gasteiger charge is 2.20. The van der Waals surface area contributed by atoms with Crippen molar-refractivity contribution in [1.29, 1.82) is 0 Å². The monoisotopic (exact) mass is 404 g/mol. The summed E-state index contributed by atoms with van der Waals surface area (Å²) in [6, 6.07) is 0. The van der Waals surface area contributed by atoms with Gasteiger partial charge in [-0.3, -0.25) is 9.58 Å². The van der Waals surface area contributed by atoms with Crippen molar-refractivity contribution in [3.05, 3.63) is 28.2 Å². The van der Waals surface area contributed by atoms with Crippen molar-refractivity contribution in [2.75, 3.05) is 26.2 Å². The van der Waals surface area contributed by atoms with Gasteiger partial charge in [-0.25, -0.2) is 15.0 Å². The summed E-state index contributed by atoms with van der Waals surface area (Å²) in [4.78, 5) is 16.1. The van der Waals surface area contributed by atoms with Crippen LogP contribution in [0.15, 0.2) is 16.7 Å². The van der Waals surface area contributed by atoms with Crippen LogP contribution in [0.5, 0.6) is 0 Å². The molecule has 0 spiro atoms. The molecule has 1 aliphatic heterocycles. The third-order valence-electron chi connectivity index (χ3n) is 5.08. The lowest BCUT2D eigenvalue weighted by atomic mass is 9.97. The average molecular weight is 405 g/mol. The van der Waals surface area contributed by atoms with Crippen LogP contribution in [0, 0.1) is 5.92 Å². The van der Waals surface area contributed by atoms with E-state index in [1.807, 2.05) is 7.05 Å². The van der Waals surface area contributed by atoms with Gasteiger partial charge < -0.3 is 10.6 Å². The third-order valence-corrected chi connectivity index (χ3v) is 6.12. The third kappa shape index (κ3) is 6.00. The number of nitrogens with zero attached hydrogens (tertiary/aromatic N) is 6. The van der Waals surface area contributed by atoms with E-state index in [0.29, 0.717) is 12.5 Å². The molecule has 3 heterocycles. The lowest BCUT2D eigenvalue weighted by Crippen LogP contribution is -2.42. The molecule has 1 aliphatic rings. The summed E-state index contributed by atoms with van der Waals surface area (Å²) in [5.41, 5.74) is 1.23. The predicted molar refractivity (Wildman–Crippen MR) is 113 cm³/mol. The molecule has 0 bridgehead atoms. The van der Waals surface area contributed by atoms with Gasteiger partial charge in [0.2, 0.25) is 0 Å². The smallest absolute Gasteiger partial charge is 0.191 e. The van der Waals surface area contributed by atoms with Crippen LogP contribution < -0.4 is 10.6 Å². The number of guanidine groups is 1. The van der Waals surface area contributed by atoms with Crippen LogP contribution in [0.25, 0.3) is 0 Å². The molecule has 0 saturated carbocycles. The molecular weight excluding hydrogens is 372 g/mol. The molecule has 8 nitrogen and oxygen atoms in total. The fraction of sp³-hybridized carbons (Fsp3) is 0.684. The van der Waals surface area contributed by atoms with Crippen molar-refractivity contribution in [2.45, 2.75) is 46.2 Å². The normalized spacial score (nSPS) is 16.5. The zero-order valence-corrected chi connectivity index (χ0v) is 18.0. The van der Waals surface area contributed by atoms with E-state index < -0.39 is 0 Å². The first kappa shape index (κ1) is 20.7. The zero-order valence-electron chi connectivity index (χ0n) is 17.2. The van der Waals surface area contributed by atoms with Crippen molar-refractivity contribution >= 4 is 17.3 Å². The van der Waals surface area contributed by atoms with Gasteiger partial charge in [0.05, 0.1) is 10.7 Å². The minimum Gasteiger partial charge on any atom is -0.357 e. The number of hydrogen-bond donors (Lipinski definition) is 2. The second-order valence-corrected chi connectivity index (χ2v) is 8.12. The second-order valence-electron chi connectivity index (χ2n) is 7.18. The van der Waals surface area contributed by atoms with Crippen LogP contribution >= 0.6 is 11.3 Å². The zero-order chi connectivity index (χ0) is 19.8. The molecule has 1 saturated heterocycles. The Morgan fingerprint density at radius 2 is 2.11 bits per heavy atom. The Hall–Kier alpha value is -2.00. The minimum absolute atomic E-state index is 0.525. The minimum atomic E-state index is 0.525. The summed E-state index contributed by atoms with van der Waals surface area (Å²) >= 11 is 1.78. The molecule has 3 rings (SSSR count). The Labute approximate surface area is 171 Å². The second kappa shape index (κ2) is 10.5. The van der Waals surface area contributed by atoms with Crippen molar-refractivity contribution in [3.63, 3.8) is 0 Å². The molecule has 1 fully saturated rings. The first-order valence-corrected chi connectivity index (χ1v) is 11.1. The van der Waals surface area contributed by atoms with Gasteiger partial charge in [0.15, 0.2) is 5.96 Å². The first-order valence-electron chi connectivity index (χ1n) is 10.2. The molecule has 0 aromatic carbocycles. The van der Waals surface area contributed by atoms with E-state index in [1.165, 1.54) is 23.5 Å². The molecule has 2 aromatic heterocycles. The molecule has 0 atom stereocenters. The Bertz CT molecular complexity index is 745. The van der Waals surface area contributed by atoms with Gasteiger partial charge in [0, 0.05) is 32.1 Å². The van der Waals surface area contributed by atoms with Crippen LogP contribution in [0.2, 0.25) is 0 Å². The Kier molecular flexibility index (Phi) is 7.79. The maximum absolute atomic E-state index is 4.70. The molecular formula is C19H32N8S. The van der Waals surface area contributed by atoms with E-state index in [-0.39, 0.29) is 0 Å². The van der Waals surface area contributed by atoms with Crippen molar-refractivity contribution in [2.24, 2.45) is 18.0 Å². The van der Waals surface area contributed by atoms with Crippen molar-refractivity contribution in [1.82, 2.24) is 35.3 Å². The number of thiazole rings is 1. The van der Waals surface area contributed by atoms with Crippen LogP contribution in [0.1, 0.15) is 43.2 Å². The molecule has 0 amide bonds. The van der Waals surface area contributed by atoms with E-state index in [4.69, 9.17) is 4.98 Å². The first-order chi connectivity index (χ1) is 13.7. The molecule has 0 radical (unpaired) electrons. The molecule has 2 N–H and O–H groups in total. The quantitative estimate of drug-likeness (QED) is 0.516. The van der Waals surface area contributed by atoms with Gasteiger partial charge in [-0.2, -0.15) is 5.10 Å². The number of aliphatic imine (C=N–C) groups is 1. The number of hydrogen-bond acceptors (Lipinski definition) is 6. The van der Waals surface area contributed by atoms with Crippen molar-refractivity contribution < 1.29 is 0 Å². The van der Waals surface area contributed by atoms with E-state index in [2.05, 4.69) is 49.8 Å². The molecule has 9 heteroatoms. The maximum atomic E-state index is 4.70. The molecule has 0 unspecified atom stereocenters. The van der Waals surface area contributed by atoms with Gasteiger partial charge >= 0.3 is 0 Å². The van der Waals surface area contributed by atoms with Crippen LogP contribution in [-0.4, -0.2) is 56.8 Å². The van der Waals surface area contributed by atoms with E-state index in [1.54, 1.807) is 22.3 Å². The fourth-order valence-corrected chi connectivity index (χ4v) is 4.09. The average Bonchev–Trinajstić information content (AvgIpc) is 3.33. The molecule has 154 valence electrons. The summed E-state index contributed by atoms with van der Waals surface area (Å²) in [6.45, 7) is 9.83. The van der Waals surface area contributed by atoms with E-state index in [0.717, 1.165) is 50.9 Å². The highest BCUT2D eigenvalue weighted by molar-refractivity contribution is 7.09. The summed E-state index contributed by atoms with van der Waals surface area (Å²) in [5.74, 6) is 2.39. The number of aromatic nitrogens is 4. The van der Waals surface area contributed by atoms with Crippen LogP contribution in [0.3, 0.4) is 0 Å². The summed E-state index contributed by atoms with van der Waals surface area (Å²) in [6.07, 6.45) is 5.01. The highest BCUT2D eigenvalue weighted by Crippen LogP contribution is 2.19. The predicted octanol–water partition coefficient (Wildman–Crippen LogP) is 1.80. The highest BCUT2D eigenvalue weighted by atomic mass is 32.1. The lowest BCUT2D eigenvalue weighted by Gasteiger charge is -2.31. The number of aryl methyl sites for hydroxylation is 2. The largest absolute Gasteiger partial charge is 0.357 e. The van der Waals surface area contributed by atoms with Gasteiger partial charge in [0.25, 0.3) is 0 Å². The van der Waals surface area contributed by atoms with Gasteiger partial charge in [-0.15, -0.1) is 11.3 Å². The topological polar surface area (TPSA) is 83.3 Å². The van der Waals surface area contributed by atoms with Gasteiger partial charge in [-0.1, -0.05) is 6.92 Å². The van der Waals surface area contributed by atoms with E-state index in [9.17, 15) is 0 Å². The summed E-state index contributed by atoms with van der Waals surface area (Å²) < 4.78 is 1.76. The number of rotatable bonds is 8. The van der Waals surface area contributed by atoms with Crippen LogP contribution in [-0.2, 0) is 26.6 Å².